The Kier molecular flexibility index (Phi) is 5.06. The lowest BCUT2D eigenvalue weighted by atomic mass is 9.86. The molecule has 0 aliphatic heterocycles. The normalized spacial score (nSPS) is 24.9. The molecular weight excluding hydrogens is 212 g/mol. The van der Waals surface area contributed by atoms with Gasteiger partial charge < -0.3 is 10.2 Å². The second-order valence-corrected chi connectivity index (χ2v) is 5.12. The van der Waals surface area contributed by atoms with Crippen LogP contribution in [0.1, 0.15) is 57.8 Å². The summed E-state index contributed by atoms with van der Waals surface area (Å²) in [4.78, 5) is 0. The summed E-state index contributed by atoms with van der Waals surface area (Å²) in [6.07, 6.45) is 18.9. The van der Waals surface area contributed by atoms with Crippen LogP contribution < -0.4 is 0 Å². The Morgan fingerprint density at radius 3 is 1.18 bits per heavy atom. The minimum Gasteiger partial charge on any atom is -0.378 e. The van der Waals surface area contributed by atoms with E-state index in [-0.39, 0.29) is 0 Å². The summed E-state index contributed by atoms with van der Waals surface area (Å²) < 4.78 is 0. The van der Waals surface area contributed by atoms with Crippen LogP contribution in [0.4, 0.5) is 0 Å². The van der Waals surface area contributed by atoms with Gasteiger partial charge in [-0.2, -0.15) is 0 Å². The molecule has 2 aliphatic carbocycles. The molecule has 2 N–H and O–H groups in total. The van der Waals surface area contributed by atoms with E-state index in [0.717, 1.165) is 51.4 Å². The van der Waals surface area contributed by atoms with Crippen LogP contribution in [0.15, 0.2) is 0 Å². The van der Waals surface area contributed by atoms with Gasteiger partial charge in [0.05, 0.1) is 0 Å². The second-order valence-electron chi connectivity index (χ2n) is 5.12. The molecule has 2 nitrogen and oxygen atoms in total. The molecule has 2 rings (SSSR count). The molecule has 2 saturated carbocycles. The van der Waals surface area contributed by atoms with E-state index in [2.05, 4.69) is 11.8 Å². The lowest BCUT2D eigenvalue weighted by Crippen LogP contribution is -2.28. The average Bonchev–Trinajstić information content (AvgIpc) is 2.79. The highest BCUT2D eigenvalue weighted by Crippen LogP contribution is 2.28. The fourth-order valence-electron chi connectivity index (χ4n) is 2.39. The van der Waals surface area contributed by atoms with E-state index in [4.69, 9.17) is 12.8 Å². The number of hydrogen-bond donors (Lipinski definition) is 2. The lowest BCUT2D eigenvalue weighted by molar-refractivity contribution is 0.0612. The quantitative estimate of drug-likeness (QED) is 0.631. The number of rotatable bonds is 0. The third kappa shape index (κ3) is 4.43. The van der Waals surface area contributed by atoms with E-state index in [1.807, 2.05) is 0 Å². The molecule has 0 radical (unpaired) electrons. The molecule has 0 heterocycles. The van der Waals surface area contributed by atoms with Crippen molar-refractivity contribution in [3.05, 3.63) is 0 Å². The maximum atomic E-state index is 9.44. The van der Waals surface area contributed by atoms with Crippen molar-refractivity contribution in [2.75, 3.05) is 0 Å². The van der Waals surface area contributed by atoms with Crippen LogP contribution in [0.3, 0.4) is 0 Å². The zero-order valence-electron chi connectivity index (χ0n) is 10.4. The first-order valence-corrected chi connectivity index (χ1v) is 6.44. The zero-order valence-corrected chi connectivity index (χ0v) is 10.4. The molecule has 2 heteroatoms. The van der Waals surface area contributed by atoms with Gasteiger partial charge in [-0.15, -0.1) is 12.8 Å². The van der Waals surface area contributed by atoms with Crippen LogP contribution in [0.5, 0.6) is 0 Å². The van der Waals surface area contributed by atoms with Crippen molar-refractivity contribution in [2.45, 2.75) is 69.0 Å². The Hall–Kier alpha value is -0.960. The molecule has 0 aromatic heterocycles. The zero-order chi connectivity index (χ0) is 12.8. The average molecular weight is 234 g/mol. The highest BCUT2D eigenvalue weighted by atomic mass is 16.3. The van der Waals surface area contributed by atoms with E-state index in [1.54, 1.807) is 0 Å². The lowest BCUT2D eigenvalue weighted by Gasteiger charge is -2.26. The largest absolute Gasteiger partial charge is 0.378 e. The molecule has 0 spiro atoms. The third-order valence-corrected chi connectivity index (χ3v) is 3.65. The van der Waals surface area contributed by atoms with E-state index in [0.29, 0.717) is 0 Å². The summed E-state index contributed by atoms with van der Waals surface area (Å²) in [6.45, 7) is 0. The predicted molar refractivity (Wildman–Crippen MR) is 69.1 cm³/mol. The molecule has 0 amide bonds. The number of terminal acetylenes is 2. The molecule has 0 aromatic carbocycles. The monoisotopic (exact) mass is 234 g/mol. The van der Waals surface area contributed by atoms with Gasteiger partial charge in [-0.05, 0) is 51.4 Å². The first-order chi connectivity index (χ1) is 8.04. The molecule has 17 heavy (non-hydrogen) atoms. The second kappa shape index (κ2) is 6.10. The fraction of sp³-hybridized carbons (Fsp3) is 0.733. The summed E-state index contributed by atoms with van der Waals surface area (Å²) in [7, 11) is 0. The molecule has 0 aromatic rings. The number of aliphatic hydroxyl groups is 2. The van der Waals surface area contributed by atoms with Gasteiger partial charge in [0, 0.05) is 0 Å². The van der Waals surface area contributed by atoms with Crippen LogP contribution >= 0.6 is 0 Å². The van der Waals surface area contributed by atoms with Crippen molar-refractivity contribution in [1.82, 2.24) is 0 Å². The molecular formula is C15H22O2. The minimum atomic E-state index is -0.752. The summed E-state index contributed by atoms with van der Waals surface area (Å²) >= 11 is 0. The molecule has 0 saturated heterocycles. The smallest absolute Gasteiger partial charge is 0.125 e. The van der Waals surface area contributed by atoms with Crippen molar-refractivity contribution in [1.29, 1.82) is 0 Å². The standard InChI is InChI=1S/C8H12O.C7H10O/c1-2-8(9)6-4-3-5-7-8;1-2-7(8)5-3-4-6-7/h1,9H,3-7H2;1,8H,3-6H2. The maximum absolute atomic E-state index is 9.44. The van der Waals surface area contributed by atoms with Crippen LogP contribution in [-0.4, -0.2) is 21.4 Å². The van der Waals surface area contributed by atoms with Crippen molar-refractivity contribution in [2.24, 2.45) is 0 Å². The van der Waals surface area contributed by atoms with Gasteiger partial charge in [0.2, 0.25) is 0 Å². The van der Waals surface area contributed by atoms with Crippen molar-refractivity contribution >= 4 is 0 Å². The van der Waals surface area contributed by atoms with E-state index in [9.17, 15) is 10.2 Å². The minimum absolute atomic E-state index is 0.736. The Bertz CT molecular complexity index is 307. The highest BCUT2D eigenvalue weighted by Gasteiger charge is 2.27. The maximum Gasteiger partial charge on any atom is 0.125 e. The first-order valence-electron chi connectivity index (χ1n) is 6.44. The molecule has 2 fully saturated rings. The summed E-state index contributed by atoms with van der Waals surface area (Å²) in [6, 6.07) is 0. The van der Waals surface area contributed by atoms with E-state index >= 15 is 0 Å². The van der Waals surface area contributed by atoms with Crippen LogP contribution in [0.25, 0.3) is 0 Å². The van der Waals surface area contributed by atoms with Crippen LogP contribution in [-0.2, 0) is 0 Å². The van der Waals surface area contributed by atoms with Gasteiger partial charge in [-0.3, -0.25) is 0 Å². The molecule has 0 bridgehead atoms. The summed E-state index contributed by atoms with van der Waals surface area (Å²) in [5, 5.41) is 18.7. The van der Waals surface area contributed by atoms with Crippen LogP contribution in [0.2, 0.25) is 0 Å². The van der Waals surface area contributed by atoms with Crippen LogP contribution in [0, 0.1) is 24.7 Å². The molecule has 2 aliphatic rings. The van der Waals surface area contributed by atoms with Crippen molar-refractivity contribution in [3.8, 4) is 24.7 Å². The predicted octanol–water partition coefficient (Wildman–Crippen LogP) is 2.24. The fourth-order valence-corrected chi connectivity index (χ4v) is 2.39. The summed E-state index contributed by atoms with van der Waals surface area (Å²) in [5.74, 6) is 4.83. The van der Waals surface area contributed by atoms with E-state index in [1.165, 1.54) is 6.42 Å². The van der Waals surface area contributed by atoms with E-state index < -0.39 is 11.2 Å². The van der Waals surface area contributed by atoms with Gasteiger partial charge in [0.25, 0.3) is 0 Å². The third-order valence-electron chi connectivity index (χ3n) is 3.65. The van der Waals surface area contributed by atoms with Gasteiger partial charge in [-0.1, -0.05) is 18.3 Å². The Labute approximate surface area is 104 Å². The van der Waals surface area contributed by atoms with Gasteiger partial charge in [-0.25, -0.2) is 0 Å². The van der Waals surface area contributed by atoms with Gasteiger partial charge >= 0.3 is 0 Å². The van der Waals surface area contributed by atoms with Gasteiger partial charge in [0.15, 0.2) is 0 Å². The molecule has 0 unspecified atom stereocenters. The Balaban J connectivity index is 0.000000171. The highest BCUT2D eigenvalue weighted by molar-refractivity contribution is 5.09. The van der Waals surface area contributed by atoms with Crippen molar-refractivity contribution < 1.29 is 10.2 Å². The number of hydrogen-bond acceptors (Lipinski definition) is 2. The van der Waals surface area contributed by atoms with Crippen molar-refractivity contribution in [3.63, 3.8) is 0 Å². The Morgan fingerprint density at radius 2 is 0.941 bits per heavy atom. The summed E-state index contributed by atoms with van der Waals surface area (Å²) in [5.41, 5.74) is -1.49. The van der Waals surface area contributed by atoms with Gasteiger partial charge in [0.1, 0.15) is 11.2 Å². The Morgan fingerprint density at radius 1 is 0.647 bits per heavy atom. The molecule has 0 atom stereocenters. The first kappa shape index (κ1) is 14.1. The SMILES string of the molecule is C#CC1(O)CCCC1.C#CC1(O)CCCCC1. The topological polar surface area (TPSA) is 40.5 Å². The molecule has 94 valence electrons.